The minimum Gasteiger partial charge on any atom is -0.487 e. The number of ether oxygens (including phenoxy) is 1. The number of para-hydroxylation sites is 1. The molecule has 0 amide bonds. The molecule has 3 aromatic rings. The van der Waals surface area contributed by atoms with Crippen LogP contribution < -0.4 is 4.74 Å². The average molecular weight is 293 g/mol. The lowest BCUT2D eigenvalue weighted by atomic mass is 10.1. The Morgan fingerprint density at radius 3 is 2.50 bits per heavy atom. The van der Waals surface area contributed by atoms with Crippen LogP contribution in [-0.2, 0) is 6.61 Å². The molecule has 3 rings (SSSR count). The van der Waals surface area contributed by atoms with Gasteiger partial charge in [0.1, 0.15) is 18.1 Å². The van der Waals surface area contributed by atoms with Crippen molar-refractivity contribution in [3.8, 4) is 11.4 Å². The Morgan fingerprint density at radius 1 is 1.09 bits per heavy atom. The highest BCUT2D eigenvalue weighted by molar-refractivity contribution is 5.94. The summed E-state index contributed by atoms with van der Waals surface area (Å²) in [5.41, 5.74) is 2.31. The summed E-state index contributed by atoms with van der Waals surface area (Å²) in [5, 5.41) is 8.58. The third-order valence-corrected chi connectivity index (χ3v) is 3.17. The van der Waals surface area contributed by atoms with Crippen molar-refractivity contribution in [3.63, 3.8) is 0 Å². The van der Waals surface area contributed by atoms with Gasteiger partial charge in [-0.05, 0) is 43.3 Å². The molecular formula is C17H15N3O2. The topological polar surface area (TPSA) is 57.0 Å². The molecule has 22 heavy (non-hydrogen) atoms. The third-order valence-electron chi connectivity index (χ3n) is 3.17. The van der Waals surface area contributed by atoms with Crippen LogP contribution in [0.15, 0.2) is 60.8 Å². The summed E-state index contributed by atoms with van der Waals surface area (Å²) >= 11 is 0. The van der Waals surface area contributed by atoms with E-state index >= 15 is 0 Å². The minimum absolute atomic E-state index is 0.0392. The van der Waals surface area contributed by atoms with E-state index in [1.165, 1.54) is 6.92 Å². The lowest BCUT2D eigenvalue weighted by Crippen LogP contribution is -2.01. The van der Waals surface area contributed by atoms with E-state index in [4.69, 9.17) is 4.74 Å². The molecule has 0 radical (unpaired) electrons. The first-order valence-electron chi connectivity index (χ1n) is 6.93. The van der Waals surface area contributed by atoms with E-state index in [9.17, 15) is 4.79 Å². The zero-order chi connectivity index (χ0) is 15.4. The molecule has 5 nitrogen and oxygen atoms in total. The van der Waals surface area contributed by atoms with Gasteiger partial charge in [0.25, 0.3) is 0 Å². The summed E-state index contributed by atoms with van der Waals surface area (Å²) in [4.78, 5) is 12.8. The van der Waals surface area contributed by atoms with Gasteiger partial charge in [-0.25, -0.2) is 0 Å². The molecule has 2 aromatic carbocycles. The fraction of sp³-hybridized carbons (Fsp3) is 0.118. The quantitative estimate of drug-likeness (QED) is 0.678. The van der Waals surface area contributed by atoms with E-state index < -0.39 is 0 Å². The number of nitrogens with zero attached hydrogens (tertiary/aromatic N) is 3. The Hall–Kier alpha value is -2.95. The van der Waals surface area contributed by atoms with Crippen LogP contribution in [0.4, 0.5) is 0 Å². The second-order valence-corrected chi connectivity index (χ2v) is 4.83. The van der Waals surface area contributed by atoms with Crippen molar-refractivity contribution in [3.05, 3.63) is 72.1 Å². The normalized spacial score (nSPS) is 10.4. The van der Waals surface area contributed by atoms with Gasteiger partial charge in [-0.15, -0.1) is 5.10 Å². The van der Waals surface area contributed by atoms with E-state index in [1.807, 2.05) is 30.3 Å². The smallest absolute Gasteiger partial charge is 0.159 e. The second kappa shape index (κ2) is 6.22. The van der Waals surface area contributed by atoms with Crippen molar-refractivity contribution >= 4 is 5.78 Å². The molecule has 0 bridgehead atoms. The van der Waals surface area contributed by atoms with Crippen molar-refractivity contribution in [2.75, 3.05) is 0 Å². The molecule has 0 saturated heterocycles. The number of carbonyl (C=O) groups is 1. The van der Waals surface area contributed by atoms with Crippen molar-refractivity contribution in [2.24, 2.45) is 0 Å². The molecule has 0 N–H and O–H groups in total. The third kappa shape index (κ3) is 3.20. The first-order chi connectivity index (χ1) is 10.7. The number of benzene rings is 2. The van der Waals surface area contributed by atoms with Gasteiger partial charge in [-0.1, -0.05) is 18.2 Å². The number of ketones is 1. The number of carbonyl (C=O) groups excluding carboxylic acids is 1. The lowest BCUT2D eigenvalue weighted by molar-refractivity contribution is 0.101. The molecule has 110 valence electrons. The SMILES string of the molecule is CC(=O)c1ccc(OCc2cnn(-c3ccccc3)n2)cc1. The maximum absolute atomic E-state index is 11.2. The Morgan fingerprint density at radius 2 is 1.82 bits per heavy atom. The standard InChI is InChI=1S/C17H15N3O2/c1-13(21)14-7-9-17(10-8-14)22-12-15-11-18-20(19-15)16-5-3-2-4-6-16/h2-11H,12H2,1H3. The van der Waals surface area contributed by atoms with Crippen LogP contribution in [0.25, 0.3) is 5.69 Å². The molecule has 0 atom stereocenters. The van der Waals surface area contributed by atoms with E-state index in [1.54, 1.807) is 35.3 Å². The average Bonchev–Trinajstić information content (AvgIpc) is 3.03. The van der Waals surface area contributed by atoms with Crippen LogP contribution in [0, 0.1) is 0 Å². The van der Waals surface area contributed by atoms with Gasteiger partial charge in [0, 0.05) is 5.56 Å². The molecule has 0 fully saturated rings. The first kappa shape index (κ1) is 14.0. The van der Waals surface area contributed by atoms with Gasteiger partial charge >= 0.3 is 0 Å². The summed E-state index contributed by atoms with van der Waals surface area (Å²) < 4.78 is 5.65. The molecule has 0 spiro atoms. The molecule has 5 heteroatoms. The Labute approximate surface area is 128 Å². The fourth-order valence-electron chi connectivity index (χ4n) is 1.99. The largest absolute Gasteiger partial charge is 0.487 e. The number of hydrogen-bond acceptors (Lipinski definition) is 4. The predicted molar refractivity (Wildman–Crippen MR) is 82.1 cm³/mol. The van der Waals surface area contributed by atoms with Crippen LogP contribution >= 0.6 is 0 Å². The first-order valence-corrected chi connectivity index (χ1v) is 6.93. The summed E-state index contributed by atoms with van der Waals surface area (Å²) in [6.07, 6.45) is 1.68. The summed E-state index contributed by atoms with van der Waals surface area (Å²) in [7, 11) is 0. The zero-order valence-corrected chi connectivity index (χ0v) is 12.1. The molecule has 0 aliphatic heterocycles. The molecule has 0 aliphatic rings. The molecule has 1 aromatic heterocycles. The van der Waals surface area contributed by atoms with Gasteiger partial charge in [0.05, 0.1) is 11.9 Å². The Kier molecular flexibility index (Phi) is 3.96. The Bertz CT molecular complexity index is 764. The molecule has 0 aliphatic carbocycles. The number of aromatic nitrogens is 3. The van der Waals surface area contributed by atoms with Crippen LogP contribution in [0.3, 0.4) is 0 Å². The van der Waals surface area contributed by atoms with Crippen LogP contribution in [0.2, 0.25) is 0 Å². The van der Waals surface area contributed by atoms with Gasteiger partial charge in [0.15, 0.2) is 5.78 Å². The van der Waals surface area contributed by atoms with Gasteiger partial charge < -0.3 is 4.74 Å². The summed E-state index contributed by atoms with van der Waals surface area (Å²) in [6.45, 7) is 1.87. The molecular weight excluding hydrogens is 278 g/mol. The van der Waals surface area contributed by atoms with E-state index in [2.05, 4.69) is 10.2 Å². The van der Waals surface area contributed by atoms with Gasteiger partial charge in [0.2, 0.25) is 0 Å². The van der Waals surface area contributed by atoms with Gasteiger partial charge in [-0.3, -0.25) is 4.79 Å². The summed E-state index contributed by atoms with van der Waals surface area (Å²) in [6, 6.07) is 16.7. The van der Waals surface area contributed by atoms with E-state index in [-0.39, 0.29) is 5.78 Å². The maximum Gasteiger partial charge on any atom is 0.159 e. The van der Waals surface area contributed by atoms with Crippen molar-refractivity contribution in [1.82, 2.24) is 15.0 Å². The summed E-state index contributed by atoms with van der Waals surface area (Å²) in [5.74, 6) is 0.733. The molecule has 0 saturated carbocycles. The predicted octanol–water partition coefficient (Wildman–Crippen LogP) is 3.05. The monoisotopic (exact) mass is 293 g/mol. The second-order valence-electron chi connectivity index (χ2n) is 4.83. The van der Waals surface area contributed by atoms with Crippen molar-refractivity contribution in [1.29, 1.82) is 0 Å². The maximum atomic E-state index is 11.2. The minimum atomic E-state index is 0.0392. The number of hydrogen-bond donors (Lipinski definition) is 0. The lowest BCUT2D eigenvalue weighted by Gasteiger charge is -2.04. The number of Topliss-reactive ketones (excluding diaryl/α,β-unsaturated/α-hetero) is 1. The highest BCUT2D eigenvalue weighted by atomic mass is 16.5. The highest BCUT2D eigenvalue weighted by Gasteiger charge is 2.04. The van der Waals surface area contributed by atoms with Crippen molar-refractivity contribution in [2.45, 2.75) is 13.5 Å². The molecule has 1 heterocycles. The highest BCUT2D eigenvalue weighted by Crippen LogP contribution is 2.14. The van der Waals surface area contributed by atoms with Crippen LogP contribution in [0.5, 0.6) is 5.75 Å². The van der Waals surface area contributed by atoms with E-state index in [0.717, 1.165) is 11.4 Å². The van der Waals surface area contributed by atoms with E-state index in [0.29, 0.717) is 17.9 Å². The zero-order valence-electron chi connectivity index (χ0n) is 12.1. The fourth-order valence-corrected chi connectivity index (χ4v) is 1.99. The van der Waals surface area contributed by atoms with Gasteiger partial charge in [-0.2, -0.15) is 9.90 Å². The Balaban J connectivity index is 1.65. The molecule has 0 unspecified atom stereocenters. The van der Waals surface area contributed by atoms with Crippen molar-refractivity contribution < 1.29 is 9.53 Å². The van der Waals surface area contributed by atoms with Crippen LogP contribution in [-0.4, -0.2) is 20.8 Å². The van der Waals surface area contributed by atoms with Crippen LogP contribution in [0.1, 0.15) is 23.0 Å². The number of rotatable bonds is 5.